The fraction of sp³-hybridized carbons (Fsp3) is 0.200. The van der Waals surface area contributed by atoms with Crippen LogP contribution in [-0.4, -0.2) is 16.5 Å². The fourth-order valence-electron chi connectivity index (χ4n) is 0.971. The summed E-state index contributed by atoms with van der Waals surface area (Å²) in [5.74, 6) is 0. The van der Waals surface area contributed by atoms with Gasteiger partial charge in [0.05, 0.1) is 6.20 Å². The molecule has 1 aromatic heterocycles. The number of rotatable bonds is 4. The molecule has 3 nitrogen and oxygen atoms in total. The predicted molar refractivity (Wildman–Crippen MR) is 54.7 cm³/mol. The lowest BCUT2D eigenvalue weighted by atomic mass is 10.2. The van der Waals surface area contributed by atoms with Gasteiger partial charge in [0.1, 0.15) is 0 Å². The molecule has 0 N–H and O–H groups in total. The van der Waals surface area contributed by atoms with Crippen LogP contribution in [0.2, 0.25) is 0 Å². The smallest absolute Gasteiger partial charge is 0.0524 e. The molecule has 0 aliphatic carbocycles. The largest absolute Gasteiger partial charge is 0.276 e. The van der Waals surface area contributed by atoms with Crippen molar-refractivity contribution in [3.63, 3.8) is 0 Å². The highest BCUT2D eigenvalue weighted by Gasteiger charge is 1.90. The Labute approximate surface area is 78.1 Å². The average molecular weight is 175 g/mol. The maximum absolute atomic E-state index is 4.07. The molecule has 0 bridgehead atoms. The quantitative estimate of drug-likeness (QED) is 0.506. The average Bonchev–Trinajstić information content (AvgIpc) is 2.51. The predicted octanol–water partition coefficient (Wildman–Crippen LogP) is 1.73. The summed E-state index contributed by atoms with van der Waals surface area (Å²) < 4.78 is 1.80. The minimum absolute atomic E-state index is 0.898. The van der Waals surface area contributed by atoms with Gasteiger partial charge in [-0.05, 0) is 24.8 Å². The second-order valence-electron chi connectivity index (χ2n) is 2.68. The van der Waals surface area contributed by atoms with E-state index in [1.807, 2.05) is 31.6 Å². The zero-order valence-electron chi connectivity index (χ0n) is 7.72. The fourth-order valence-corrected chi connectivity index (χ4v) is 0.971. The van der Waals surface area contributed by atoms with Gasteiger partial charge < -0.3 is 0 Å². The van der Waals surface area contributed by atoms with E-state index in [1.165, 1.54) is 5.56 Å². The third kappa shape index (κ3) is 3.51. The van der Waals surface area contributed by atoms with Gasteiger partial charge in [-0.3, -0.25) is 9.67 Å². The number of hydrogen-bond acceptors (Lipinski definition) is 2. The Morgan fingerprint density at radius 2 is 2.46 bits per heavy atom. The van der Waals surface area contributed by atoms with Crippen molar-refractivity contribution in [3.8, 4) is 0 Å². The van der Waals surface area contributed by atoms with Crippen molar-refractivity contribution in [3.05, 3.63) is 42.4 Å². The van der Waals surface area contributed by atoms with Crippen LogP contribution in [0.3, 0.4) is 0 Å². The van der Waals surface area contributed by atoms with Crippen molar-refractivity contribution in [2.45, 2.75) is 6.42 Å². The molecule has 0 saturated heterocycles. The molecule has 0 amide bonds. The normalized spacial score (nSPS) is 11.5. The summed E-state index contributed by atoms with van der Waals surface area (Å²) in [4.78, 5) is 3.59. The molecule has 0 aliphatic heterocycles. The Morgan fingerprint density at radius 1 is 1.62 bits per heavy atom. The van der Waals surface area contributed by atoms with E-state index in [0.717, 1.165) is 6.42 Å². The maximum atomic E-state index is 4.07. The van der Waals surface area contributed by atoms with Gasteiger partial charge in [0.2, 0.25) is 0 Å². The Hall–Kier alpha value is -1.64. The summed E-state index contributed by atoms with van der Waals surface area (Å²) in [5.41, 5.74) is 1.21. The summed E-state index contributed by atoms with van der Waals surface area (Å²) in [6, 6.07) is 0. The zero-order valence-corrected chi connectivity index (χ0v) is 7.72. The molecular formula is C10H13N3. The molecule has 1 heterocycles. The van der Waals surface area contributed by atoms with Crippen molar-refractivity contribution in [1.29, 1.82) is 0 Å². The highest BCUT2D eigenvalue weighted by Crippen LogP contribution is 1.98. The summed E-state index contributed by atoms with van der Waals surface area (Å²) in [5, 5.41) is 4.07. The van der Waals surface area contributed by atoms with Crippen LogP contribution in [0.5, 0.6) is 0 Å². The second kappa shape index (κ2) is 5.09. The SMILES string of the molecule is C=N/C=C\C=C/Cc1cnn(C)c1. The first-order valence-electron chi connectivity index (χ1n) is 4.08. The van der Waals surface area contributed by atoms with E-state index < -0.39 is 0 Å². The molecule has 13 heavy (non-hydrogen) atoms. The number of hydrogen-bond donors (Lipinski definition) is 0. The van der Waals surface area contributed by atoms with Crippen molar-refractivity contribution < 1.29 is 0 Å². The van der Waals surface area contributed by atoms with Crippen LogP contribution in [0, 0.1) is 0 Å². The van der Waals surface area contributed by atoms with Crippen LogP contribution in [0.15, 0.2) is 41.8 Å². The van der Waals surface area contributed by atoms with Crippen LogP contribution >= 0.6 is 0 Å². The Balaban J connectivity index is 2.38. The second-order valence-corrected chi connectivity index (χ2v) is 2.68. The van der Waals surface area contributed by atoms with E-state index in [9.17, 15) is 0 Å². The van der Waals surface area contributed by atoms with Crippen molar-refractivity contribution in [1.82, 2.24) is 9.78 Å². The topological polar surface area (TPSA) is 30.2 Å². The molecular weight excluding hydrogens is 162 g/mol. The number of aryl methyl sites for hydroxylation is 1. The van der Waals surface area contributed by atoms with Gasteiger partial charge in [-0.25, -0.2) is 0 Å². The van der Waals surface area contributed by atoms with Crippen LogP contribution in [0.4, 0.5) is 0 Å². The third-order valence-electron chi connectivity index (χ3n) is 1.55. The summed E-state index contributed by atoms with van der Waals surface area (Å²) in [7, 11) is 1.91. The number of aromatic nitrogens is 2. The highest BCUT2D eigenvalue weighted by atomic mass is 15.2. The Kier molecular flexibility index (Phi) is 3.70. The summed E-state index contributed by atoms with van der Waals surface area (Å²) in [6.07, 6.45) is 12.3. The lowest BCUT2D eigenvalue weighted by Gasteiger charge is -1.85. The molecule has 0 spiro atoms. The first kappa shape index (κ1) is 9.45. The standard InChI is InChI=1S/C10H13N3/c1-11-7-5-3-4-6-10-8-12-13(2)9-10/h3-5,7-9H,1,6H2,2H3/b4-3-,7-5-. The number of aliphatic imine (C=N–C) groups is 1. The lowest BCUT2D eigenvalue weighted by molar-refractivity contribution is 0.767. The van der Waals surface area contributed by atoms with Crippen LogP contribution in [0.1, 0.15) is 5.56 Å². The minimum Gasteiger partial charge on any atom is -0.276 e. The van der Waals surface area contributed by atoms with Gasteiger partial charge in [0, 0.05) is 19.4 Å². The first-order chi connectivity index (χ1) is 6.33. The van der Waals surface area contributed by atoms with Crippen LogP contribution in [-0.2, 0) is 13.5 Å². The zero-order chi connectivity index (χ0) is 9.52. The Bertz CT molecular complexity index is 321. The van der Waals surface area contributed by atoms with E-state index in [4.69, 9.17) is 0 Å². The molecule has 1 aromatic rings. The van der Waals surface area contributed by atoms with Gasteiger partial charge in [0.15, 0.2) is 0 Å². The van der Waals surface area contributed by atoms with E-state index in [0.29, 0.717) is 0 Å². The minimum atomic E-state index is 0.898. The van der Waals surface area contributed by atoms with Gasteiger partial charge in [-0.15, -0.1) is 0 Å². The maximum Gasteiger partial charge on any atom is 0.0524 e. The van der Waals surface area contributed by atoms with Crippen molar-refractivity contribution in [2.75, 3.05) is 0 Å². The molecule has 1 rings (SSSR count). The van der Waals surface area contributed by atoms with E-state index in [1.54, 1.807) is 10.9 Å². The van der Waals surface area contributed by atoms with Gasteiger partial charge >= 0.3 is 0 Å². The molecule has 0 aliphatic rings. The van der Waals surface area contributed by atoms with Crippen molar-refractivity contribution >= 4 is 6.72 Å². The first-order valence-corrected chi connectivity index (χ1v) is 4.08. The van der Waals surface area contributed by atoms with Crippen molar-refractivity contribution in [2.24, 2.45) is 12.0 Å². The van der Waals surface area contributed by atoms with Crippen LogP contribution < -0.4 is 0 Å². The molecule has 0 radical (unpaired) electrons. The number of nitrogens with zero attached hydrogens (tertiary/aromatic N) is 3. The molecule has 3 heteroatoms. The van der Waals surface area contributed by atoms with E-state index in [2.05, 4.69) is 22.9 Å². The van der Waals surface area contributed by atoms with Gasteiger partial charge in [-0.2, -0.15) is 5.10 Å². The number of allylic oxidation sites excluding steroid dienone is 3. The highest BCUT2D eigenvalue weighted by molar-refractivity contribution is 5.26. The molecule has 0 fully saturated rings. The molecule has 0 saturated carbocycles. The molecule has 68 valence electrons. The molecule has 0 aromatic carbocycles. The summed E-state index contributed by atoms with van der Waals surface area (Å²) >= 11 is 0. The molecule has 0 unspecified atom stereocenters. The monoisotopic (exact) mass is 175 g/mol. The van der Waals surface area contributed by atoms with Crippen LogP contribution in [0.25, 0.3) is 0 Å². The Morgan fingerprint density at radius 3 is 3.08 bits per heavy atom. The van der Waals surface area contributed by atoms with Gasteiger partial charge in [0.25, 0.3) is 0 Å². The van der Waals surface area contributed by atoms with Gasteiger partial charge in [-0.1, -0.05) is 12.2 Å². The van der Waals surface area contributed by atoms with E-state index >= 15 is 0 Å². The lowest BCUT2D eigenvalue weighted by Crippen LogP contribution is -1.84. The van der Waals surface area contributed by atoms with E-state index in [-0.39, 0.29) is 0 Å². The summed E-state index contributed by atoms with van der Waals surface area (Å²) in [6.45, 7) is 3.34. The molecule has 0 atom stereocenters. The third-order valence-corrected chi connectivity index (χ3v) is 1.55.